The van der Waals surface area contributed by atoms with Crippen LogP contribution in [0.5, 0.6) is 0 Å². The highest BCUT2D eigenvalue weighted by molar-refractivity contribution is 5.94. The van der Waals surface area contributed by atoms with E-state index < -0.39 is 24.3 Å². The fourth-order valence-electron chi connectivity index (χ4n) is 3.37. The topological polar surface area (TPSA) is 72.8 Å². The lowest BCUT2D eigenvalue weighted by Gasteiger charge is -2.14. The molecular formula is C24H20O5. The summed E-state index contributed by atoms with van der Waals surface area (Å²) in [5.41, 5.74) is 4.04. The van der Waals surface area contributed by atoms with Crippen LogP contribution in [0.4, 0.5) is 0 Å². The molecule has 0 bridgehead atoms. The lowest BCUT2D eigenvalue weighted by Crippen LogP contribution is -2.20. The zero-order valence-electron chi connectivity index (χ0n) is 15.7. The van der Waals surface area contributed by atoms with Crippen molar-refractivity contribution in [2.24, 2.45) is 0 Å². The third-order valence-corrected chi connectivity index (χ3v) is 4.82. The minimum Gasteiger partial charge on any atom is -0.420 e. The van der Waals surface area contributed by atoms with E-state index in [4.69, 9.17) is 9.47 Å². The molecule has 1 aliphatic heterocycles. The van der Waals surface area contributed by atoms with Crippen molar-refractivity contribution in [3.05, 3.63) is 95.6 Å². The van der Waals surface area contributed by atoms with Gasteiger partial charge in [0.25, 0.3) is 6.29 Å². The molecule has 1 heterocycles. The van der Waals surface area contributed by atoms with Crippen LogP contribution in [0.15, 0.2) is 78.9 Å². The number of benzene rings is 3. The molecule has 0 amide bonds. The SMILES string of the molecule is O=C(CC(O)Cc1ccc(-c2ccccc2)cc1)OC1OC(=O)c2ccccc21. The molecule has 5 nitrogen and oxygen atoms in total. The van der Waals surface area contributed by atoms with Crippen molar-refractivity contribution >= 4 is 11.9 Å². The second-order valence-electron chi connectivity index (χ2n) is 6.94. The Morgan fingerprint density at radius 2 is 1.59 bits per heavy atom. The molecule has 5 heteroatoms. The van der Waals surface area contributed by atoms with Gasteiger partial charge in [-0.2, -0.15) is 0 Å². The Labute approximate surface area is 168 Å². The van der Waals surface area contributed by atoms with Crippen LogP contribution in [0.1, 0.15) is 34.2 Å². The van der Waals surface area contributed by atoms with Crippen molar-refractivity contribution in [2.75, 3.05) is 0 Å². The summed E-state index contributed by atoms with van der Waals surface area (Å²) in [6, 6.07) is 24.6. The van der Waals surface area contributed by atoms with Crippen LogP contribution >= 0.6 is 0 Å². The summed E-state index contributed by atoms with van der Waals surface area (Å²) in [5.74, 6) is -1.13. The zero-order valence-corrected chi connectivity index (χ0v) is 15.7. The first-order valence-electron chi connectivity index (χ1n) is 9.42. The van der Waals surface area contributed by atoms with E-state index in [1.165, 1.54) is 0 Å². The van der Waals surface area contributed by atoms with Gasteiger partial charge >= 0.3 is 11.9 Å². The fourth-order valence-corrected chi connectivity index (χ4v) is 3.37. The van der Waals surface area contributed by atoms with Gasteiger partial charge in [-0.3, -0.25) is 4.79 Å². The van der Waals surface area contributed by atoms with Crippen LogP contribution in [-0.2, 0) is 20.7 Å². The summed E-state index contributed by atoms with van der Waals surface area (Å²) in [4.78, 5) is 24.0. The molecule has 0 aromatic heterocycles. The summed E-state index contributed by atoms with van der Waals surface area (Å²) in [6.45, 7) is 0. The lowest BCUT2D eigenvalue weighted by atomic mass is 10.0. The number of cyclic esters (lactones) is 1. The molecule has 0 saturated heterocycles. The number of rotatable bonds is 6. The first kappa shape index (κ1) is 18.9. The first-order chi connectivity index (χ1) is 14.1. The maximum atomic E-state index is 12.2. The van der Waals surface area contributed by atoms with Crippen LogP contribution in [-0.4, -0.2) is 23.1 Å². The van der Waals surface area contributed by atoms with Crippen molar-refractivity contribution < 1.29 is 24.2 Å². The average Bonchev–Trinajstić information content (AvgIpc) is 3.04. The summed E-state index contributed by atoms with van der Waals surface area (Å²) < 4.78 is 10.3. The number of ether oxygens (including phenoxy) is 2. The Bertz CT molecular complexity index is 1010. The lowest BCUT2D eigenvalue weighted by molar-refractivity contribution is -0.169. The average molecular weight is 388 g/mol. The number of aliphatic hydroxyl groups excluding tert-OH is 1. The number of aliphatic hydroxyl groups is 1. The van der Waals surface area contributed by atoms with E-state index in [1.54, 1.807) is 24.3 Å². The van der Waals surface area contributed by atoms with Gasteiger partial charge < -0.3 is 14.6 Å². The highest BCUT2D eigenvalue weighted by atomic mass is 16.7. The van der Waals surface area contributed by atoms with Gasteiger partial charge in [0.2, 0.25) is 0 Å². The van der Waals surface area contributed by atoms with Crippen molar-refractivity contribution in [1.29, 1.82) is 0 Å². The van der Waals surface area contributed by atoms with E-state index in [2.05, 4.69) is 0 Å². The molecule has 3 aromatic carbocycles. The molecule has 1 aliphatic rings. The number of carbonyl (C=O) groups is 2. The van der Waals surface area contributed by atoms with Crippen LogP contribution in [0.3, 0.4) is 0 Å². The van der Waals surface area contributed by atoms with Gasteiger partial charge in [0.05, 0.1) is 18.1 Å². The molecular weight excluding hydrogens is 368 g/mol. The van der Waals surface area contributed by atoms with Gasteiger partial charge in [0.15, 0.2) is 0 Å². The number of hydrogen-bond acceptors (Lipinski definition) is 5. The molecule has 4 rings (SSSR count). The second kappa shape index (κ2) is 8.29. The number of carbonyl (C=O) groups excluding carboxylic acids is 2. The van der Waals surface area contributed by atoms with Crippen molar-refractivity contribution in [2.45, 2.75) is 25.2 Å². The summed E-state index contributed by atoms with van der Waals surface area (Å²) in [5, 5.41) is 10.3. The molecule has 0 saturated carbocycles. The molecule has 146 valence electrons. The van der Waals surface area contributed by atoms with E-state index in [0.717, 1.165) is 16.7 Å². The third-order valence-electron chi connectivity index (χ3n) is 4.82. The van der Waals surface area contributed by atoms with E-state index in [-0.39, 0.29) is 6.42 Å². The summed E-state index contributed by atoms with van der Waals surface area (Å²) in [7, 11) is 0. The predicted octanol–water partition coefficient (Wildman–Crippen LogP) is 4.06. The van der Waals surface area contributed by atoms with Crippen LogP contribution < -0.4 is 0 Å². The van der Waals surface area contributed by atoms with E-state index in [0.29, 0.717) is 17.5 Å². The molecule has 2 atom stereocenters. The van der Waals surface area contributed by atoms with Gasteiger partial charge in [-0.1, -0.05) is 72.8 Å². The van der Waals surface area contributed by atoms with Gasteiger partial charge in [0.1, 0.15) is 0 Å². The maximum Gasteiger partial charge on any atom is 0.342 e. The Morgan fingerprint density at radius 1 is 0.931 bits per heavy atom. The van der Waals surface area contributed by atoms with E-state index in [1.807, 2.05) is 54.6 Å². The van der Waals surface area contributed by atoms with Gasteiger partial charge in [0, 0.05) is 5.56 Å². The molecule has 1 N–H and O–H groups in total. The number of fused-ring (bicyclic) bond motifs is 1. The van der Waals surface area contributed by atoms with Crippen LogP contribution in [0, 0.1) is 0 Å². The van der Waals surface area contributed by atoms with Gasteiger partial charge in [-0.25, -0.2) is 4.79 Å². The Morgan fingerprint density at radius 3 is 2.34 bits per heavy atom. The maximum absolute atomic E-state index is 12.2. The van der Waals surface area contributed by atoms with Gasteiger partial charge in [-0.15, -0.1) is 0 Å². The van der Waals surface area contributed by atoms with E-state index in [9.17, 15) is 14.7 Å². The van der Waals surface area contributed by atoms with Gasteiger partial charge in [-0.05, 0) is 29.2 Å². The monoisotopic (exact) mass is 388 g/mol. The van der Waals surface area contributed by atoms with Crippen LogP contribution in [0.2, 0.25) is 0 Å². The molecule has 0 radical (unpaired) electrons. The highest BCUT2D eigenvalue weighted by Gasteiger charge is 2.33. The number of esters is 2. The largest absolute Gasteiger partial charge is 0.420 e. The quantitative estimate of drug-likeness (QED) is 0.645. The molecule has 0 fully saturated rings. The Hall–Kier alpha value is -3.44. The fraction of sp³-hybridized carbons (Fsp3) is 0.167. The first-order valence-corrected chi connectivity index (χ1v) is 9.42. The predicted molar refractivity (Wildman–Crippen MR) is 107 cm³/mol. The molecule has 0 aliphatic carbocycles. The Balaban J connectivity index is 1.32. The second-order valence-corrected chi connectivity index (χ2v) is 6.94. The normalized spacial score (nSPS) is 16.0. The molecule has 0 spiro atoms. The minimum absolute atomic E-state index is 0.184. The number of hydrogen-bond donors (Lipinski definition) is 1. The molecule has 3 aromatic rings. The van der Waals surface area contributed by atoms with Crippen molar-refractivity contribution in [3.63, 3.8) is 0 Å². The summed E-state index contributed by atoms with van der Waals surface area (Å²) in [6.07, 6.45) is -1.80. The standard InChI is InChI=1S/C24H20O5/c25-19(14-16-10-12-18(13-11-16)17-6-2-1-3-7-17)15-22(26)28-24-21-9-5-4-8-20(21)23(27)29-24/h1-13,19,24-25H,14-15H2. The summed E-state index contributed by atoms with van der Waals surface area (Å²) >= 11 is 0. The smallest absolute Gasteiger partial charge is 0.342 e. The Kier molecular flexibility index (Phi) is 5.40. The highest BCUT2D eigenvalue weighted by Crippen LogP contribution is 2.31. The van der Waals surface area contributed by atoms with Crippen molar-refractivity contribution in [3.8, 4) is 11.1 Å². The zero-order chi connectivity index (χ0) is 20.2. The van der Waals surface area contributed by atoms with Crippen LogP contribution in [0.25, 0.3) is 11.1 Å². The van der Waals surface area contributed by atoms with E-state index >= 15 is 0 Å². The molecule has 2 unspecified atom stereocenters. The molecule has 29 heavy (non-hydrogen) atoms. The third kappa shape index (κ3) is 4.36. The van der Waals surface area contributed by atoms with Crippen molar-refractivity contribution in [1.82, 2.24) is 0 Å². The minimum atomic E-state index is -1.05.